The zero-order valence-corrected chi connectivity index (χ0v) is 11.8. The second-order valence-electron chi connectivity index (χ2n) is 4.53. The number of hydrogen-bond acceptors (Lipinski definition) is 4. The Morgan fingerprint density at radius 3 is 2.16 bits per heavy atom. The van der Waals surface area contributed by atoms with Crippen LogP contribution in [0.5, 0.6) is 0 Å². The van der Waals surface area contributed by atoms with Gasteiger partial charge in [0.05, 0.1) is 4.90 Å². The van der Waals surface area contributed by atoms with E-state index in [1.807, 2.05) is 0 Å². The van der Waals surface area contributed by atoms with Crippen molar-refractivity contribution < 1.29 is 13.2 Å². The van der Waals surface area contributed by atoms with Crippen molar-refractivity contribution in [1.29, 1.82) is 0 Å². The Morgan fingerprint density at radius 1 is 1.11 bits per heavy atom. The number of aldehydes is 1. The maximum absolute atomic E-state index is 12.4. The van der Waals surface area contributed by atoms with Crippen molar-refractivity contribution in [2.75, 3.05) is 32.7 Å². The maximum atomic E-state index is 12.4. The van der Waals surface area contributed by atoms with Crippen molar-refractivity contribution in [3.63, 3.8) is 0 Å². The predicted molar refractivity (Wildman–Crippen MR) is 72.7 cm³/mol. The number of benzene rings is 1. The van der Waals surface area contributed by atoms with E-state index in [4.69, 9.17) is 0 Å². The molecule has 0 atom stereocenters. The molecule has 0 aromatic heterocycles. The van der Waals surface area contributed by atoms with Gasteiger partial charge in [-0.05, 0) is 18.7 Å². The largest absolute Gasteiger partial charge is 0.301 e. The van der Waals surface area contributed by atoms with E-state index in [9.17, 15) is 13.2 Å². The third-order valence-electron chi connectivity index (χ3n) is 3.43. The molecule has 1 aromatic carbocycles. The van der Waals surface area contributed by atoms with Crippen LogP contribution < -0.4 is 0 Å². The van der Waals surface area contributed by atoms with Crippen LogP contribution >= 0.6 is 0 Å². The molecular formula is C13H18N2O3S. The van der Waals surface area contributed by atoms with Crippen LogP contribution in [-0.2, 0) is 10.0 Å². The summed E-state index contributed by atoms with van der Waals surface area (Å²) in [4.78, 5) is 13.0. The molecule has 0 spiro atoms. The van der Waals surface area contributed by atoms with Crippen molar-refractivity contribution in [1.82, 2.24) is 9.21 Å². The summed E-state index contributed by atoms with van der Waals surface area (Å²) in [5.41, 5.74) is 0.481. The van der Waals surface area contributed by atoms with E-state index in [1.54, 1.807) is 0 Å². The molecule has 104 valence electrons. The summed E-state index contributed by atoms with van der Waals surface area (Å²) in [7, 11) is -3.43. The molecule has 1 saturated heterocycles. The Morgan fingerprint density at radius 2 is 1.68 bits per heavy atom. The van der Waals surface area contributed by atoms with Crippen LogP contribution in [0.1, 0.15) is 17.3 Å². The number of hydrogen-bond donors (Lipinski definition) is 0. The number of carbonyl (C=O) groups excluding carboxylic acids is 1. The Kier molecular flexibility index (Phi) is 4.34. The zero-order chi connectivity index (χ0) is 13.9. The fourth-order valence-electron chi connectivity index (χ4n) is 2.15. The zero-order valence-electron chi connectivity index (χ0n) is 10.9. The number of nitrogens with zero attached hydrogens (tertiary/aromatic N) is 2. The summed E-state index contributed by atoms with van der Waals surface area (Å²) in [6.07, 6.45) is 0.705. The molecule has 0 aliphatic carbocycles. The Balaban J connectivity index is 2.15. The standard InChI is InChI=1S/C13H18N2O3S/c1-2-14-7-9-15(10-8-14)19(17,18)13-5-3-12(11-16)4-6-13/h3-6,11H,2,7-10H2,1H3. The lowest BCUT2D eigenvalue weighted by atomic mass is 10.2. The minimum absolute atomic E-state index is 0.253. The molecule has 1 aliphatic rings. The summed E-state index contributed by atoms with van der Waals surface area (Å²) in [5.74, 6) is 0. The van der Waals surface area contributed by atoms with Crippen LogP contribution in [0.15, 0.2) is 29.2 Å². The van der Waals surface area contributed by atoms with Crippen LogP contribution in [0.2, 0.25) is 0 Å². The highest BCUT2D eigenvalue weighted by molar-refractivity contribution is 7.89. The quantitative estimate of drug-likeness (QED) is 0.767. The fourth-order valence-corrected chi connectivity index (χ4v) is 3.58. The highest BCUT2D eigenvalue weighted by Crippen LogP contribution is 2.17. The first-order valence-corrected chi connectivity index (χ1v) is 7.79. The third-order valence-corrected chi connectivity index (χ3v) is 5.35. The first-order valence-electron chi connectivity index (χ1n) is 6.35. The Bertz CT molecular complexity index is 532. The minimum Gasteiger partial charge on any atom is -0.301 e. The minimum atomic E-state index is -3.43. The van der Waals surface area contributed by atoms with Crippen LogP contribution in [0.3, 0.4) is 0 Å². The maximum Gasteiger partial charge on any atom is 0.243 e. The first kappa shape index (κ1) is 14.2. The van der Waals surface area contributed by atoms with Crippen molar-refractivity contribution in [3.8, 4) is 0 Å². The van der Waals surface area contributed by atoms with Gasteiger partial charge in [0.25, 0.3) is 0 Å². The molecule has 0 bridgehead atoms. The topological polar surface area (TPSA) is 57.7 Å². The number of sulfonamides is 1. The van der Waals surface area contributed by atoms with Gasteiger partial charge in [0.2, 0.25) is 10.0 Å². The Hall–Kier alpha value is -1.24. The summed E-state index contributed by atoms with van der Waals surface area (Å²) in [6.45, 7) is 5.59. The molecule has 0 N–H and O–H groups in total. The molecular weight excluding hydrogens is 264 g/mol. The van der Waals surface area contributed by atoms with Crippen LogP contribution in [-0.4, -0.2) is 56.6 Å². The molecule has 1 aliphatic heterocycles. The summed E-state index contributed by atoms with van der Waals surface area (Å²) < 4.78 is 26.3. The SMILES string of the molecule is CCN1CCN(S(=O)(=O)c2ccc(C=O)cc2)CC1. The van der Waals surface area contributed by atoms with Gasteiger partial charge in [-0.2, -0.15) is 4.31 Å². The lowest BCUT2D eigenvalue weighted by Crippen LogP contribution is -2.48. The van der Waals surface area contributed by atoms with Gasteiger partial charge < -0.3 is 4.90 Å². The third kappa shape index (κ3) is 3.02. The predicted octanol–water partition coefficient (Wildman–Crippen LogP) is 0.825. The number of carbonyl (C=O) groups is 1. The monoisotopic (exact) mass is 282 g/mol. The molecule has 0 saturated carbocycles. The van der Waals surface area contributed by atoms with Crippen LogP contribution in [0, 0.1) is 0 Å². The van der Waals surface area contributed by atoms with Crippen molar-refractivity contribution in [2.45, 2.75) is 11.8 Å². The Labute approximate surface area is 113 Å². The highest BCUT2D eigenvalue weighted by Gasteiger charge is 2.27. The van der Waals surface area contributed by atoms with Gasteiger partial charge >= 0.3 is 0 Å². The van der Waals surface area contributed by atoms with E-state index >= 15 is 0 Å². The van der Waals surface area contributed by atoms with E-state index in [0.29, 0.717) is 24.9 Å². The second kappa shape index (κ2) is 5.81. The lowest BCUT2D eigenvalue weighted by molar-refractivity contribution is 0.112. The van der Waals surface area contributed by atoms with E-state index < -0.39 is 10.0 Å². The average molecular weight is 282 g/mol. The molecule has 6 heteroatoms. The van der Waals surface area contributed by atoms with Gasteiger partial charge in [-0.1, -0.05) is 19.1 Å². The van der Waals surface area contributed by atoms with E-state index in [1.165, 1.54) is 28.6 Å². The molecule has 5 nitrogen and oxygen atoms in total. The smallest absolute Gasteiger partial charge is 0.243 e. The van der Waals surface area contributed by atoms with E-state index in [2.05, 4.69) is 11.8 Å². The van der Waals surface area contributed by atoms with E-state index in [-0.39, 0.29) is 4.90 Å². The second-order valence-corrected chi connectivity index (χ2v) is 6.46. The van der Waals surface area contributed by atoms with Gasteiger partial charge in [-0.3, -0.25) is 4.79 Å². The molecule has 1 fully saturated rings. The number of rotatable bonds is 4. The molecule has 1 aromatic rings. The molecule has 19 heavy (non-hydrogen) atoms. The van der Waals surface area contributed by atoms with Crippen molar-refractivity contribution in [3.05, 3.63) is 29.8 Å². The van der Waals surface area contributed by atoms with Crippen molar-refractivity contribution in [2.24, 2.45) is 0 Å². The van der Waals surface area contributed by atoms with E-state index in [0.717, 1.165) is 19.6 Å². The van der Waals surface area contributed by atoms with Gasteiger partial charge in [0.15, 0.2) is 0 Å². The molecule has 0 amide bonds. The van der Waals surface area contributed by atoms with Crippen LogP contribution in [0.25, 0.3) is 0 Å². The van der Waals surface area contributed by atoms with Gasteiger partial charge in [-0.25, -0.2) is 8.42 Å². The average Bonchev–Trinajstić information content (AvgIpc) is 2.47. The molecule has 2 rings (SSSR count). The summed E-state index contributed by atoms with van der Waals surface area (Å²) >= 11 is 0. The van der Waals surface area contributed by atoms with Crippen LogP contribution in [0.4, 0.5) is 0 Å². The number of likely N-dealkylation sites (N-methyl/N-ethyl adjacent to an activating group) is 1. The summed E-state index contributed by atoms with van der Waals surface area (Å²) in [5, 5.41) is 0. The highest BCUT2D eigenvalue weighted by atomic mass is 32.2. The molecule has 1 heterocycles. The fraction of sp³-hybridized carbons (Fsp3) is 0.462. The number of piperazine rings is 1. The van der Waals surface area contributed by atoms with Gasteiger partial charge in [-0.15, -0.1) is 0 Å². The van der Waals surface area contributed by atoms with Gasteiger partial charge in [0, 0.05) is 31.7 Å². The van der Waals surface area contributed by atoms with Gasteiger partial charge in [0.1, 0.15) is 6.29 Å². The first-order chi connectivity index (χ1) is 9.07. The lowest BCUT2D eigenvalue weighted by Gasteiger charge is -2.33. The molecule has 0 radical (unpaired) electrons. The molecule has 0 unspecified atom stereocenters. The van der Waals surface area contributed by atoms with Crippen molar-refractivity contribution >= 4 is 16.3 Å². The normalized spacial score (nSPS) is 18.4. The summed E-state index contributed by atoms with van der Waals surface area (Å²) in [6, 6.07) is 6.04.